The molecule has 1 aromatic heterocycles. The summed E-state index contributed by atoms with van der Waals surface area (Å²) in [5, 5.41) is 7.25. The zero-order valence-corrected chi connectivity index (χ0v) is 11.7. The van der Waals surface area contributed by atoms with Gasteiger partial charge in [0.05, 0.1) is 0 Å². The molecule has 1 aromatic carbocycles. The quantitative estimate of drug-likeness (QED) is 0.893. The summed E-state index contributed by atoms with van der Waals surface area (Å²) >= 11 is 1.08. The summed E-state index contributed by atoms with van der Waals surface area (Å²) in [6.45, 7) is 0. The SMILES string of the molecule is O=C(N[C@@H]1C[C@H]2CC[C@@H]1N2)c1ccc2cc(F)sc2c1. The molecule has 0 unspecified atom stereocenters. The highest BCUT2D eigenvalue weighted by Crippen LogP contribution is 2.29. The molecule has 0 spiro atoms. The fourth-order valence-corrected chi connectivity index (χ4v) is 4.20. The van der Waals surface area contributed by atoms with E-state index < -0.39 is 0 Å². The number of rotatable bonds is 2. The van der Waals surface area contributed by atoms with Gasteiger partial charge in [-0.1, -0.05) is 6.07 Å². The molecule has 1 amide bonds. The Kier molecular flexibility index (Phi) is 2.79. The molecule has 5 heteroatoms. The second-order valence-corrected chi connectivity index (χ2v) is 6.70. The number of halogens is 1. The number of fused-ring (bicyclic) bond motifs is 3. The molecule has 2 fully saturated rings. The molecule has 2 bridgehead atoms. The number of benzene rings is 1. The maximum Gasteiger partial charge on any atom is 0.251 e. The number of carbonyl (C=O) groups is 1. The largest absolute Gasteiger partial charge is 0.348 e. The number of thiophene rings is 1. The predicted molar refractivity (Wildman–Crippen MR) is 77.6 cm³/mol. The van der Waals surface area contributed by atoms with Gasteiger partial charge >= 0.3 is 0 Å². The molecule has 20 heavy (non-hydrogen) atoms. The summed E-state index contributed by atoms with van der Waals surface area (Å²) in [5.74, 6) is -0.0555. The Labute approximate surface area is 120 Å². The summed E-state index contributed by atoms with van der Waals surface area (Å²) in [6, 6.07) is 8.08. The molecule has 3 atom stereocenters. The molecule has 2 aromatic rings. The molecule has 2 aliphatic rings. The first-order chi connectivity index (χ1) is 9.69. The Hall–Kier alpha value is -1.46. The van der Waals surface area contributed by atoms with Gasteiger partial charge < -0.3 is 10.6 Å². The highest BCUT2D eigenvalue weighted by molar-refractivity contribution is 7.17. The van der Waals surface area contributed by atoms with Crippen molar-refractivity contribution in [2.75, 3.05) is 0 Å². The standard InChI is InChI=1S/C15H15FN2OS/c16-14-6-8-1-2-9(5-13(8)20-14)15(19)18-12-7-10-3-4-11(12)17-10/h1-2,5-6,10-12,17H,3-4,7H2,(H,18,19)/t10-,11+,12-/m1/s1. The first-order valence-corrected chi connectivity index (χ1v) is 7.77. The van der Waals surface area contributed by atoms with Crippen molar-refractivity contribution >= 4 is 27.3 Å². The molecule has 2 aliphatic heterocycles. The van der Waals surface area contributed by atoms with Crippen molar-refractivity contribution in [1.29, 1.82) is 0 Å². The van der Waals surface area contributed by atoms with Crippen molar-refractivity contribution in [2.24, 2.45) is 0 Å². The second-order valence-electron chi connectivity index (χ2n) is 5.67. The van der Waals surface area contributed by atoms with Gasteiger partial charge in [-0.25, -0.2) is 0 Å². The zero-order chi connectivity index (χ0) is 13.7. The lowest BCUT2D eigenvalue weighted by Crippen LogP contribution is -2.42. The van der Waals surface area contributed by atoms with Crippen molar-refractivity contribution in [3.05, 3.63) is 35.0 Å². The number of hydrogen-bond acceptors (Lipinski definition) is 3. The minimum atomic E-state index is -0.213. The molecule has 2 saturated heterocycles. The third-order valence-electron chi connectivity index (χ3n) is 4.37. The monoisotopic (exact) mass is 290 g/mol. The maximum absolute atomic E-state index is 13.2. The van der Waals surface area contributed by atoms with Crippen LogP contribution in [0.2, 0.25) is 0 Å². The number of carbonyl (C=O) groups excluding carboxylic acids is 1. The van der Waals surface area contributed by atoms with Gasteiger partial charge in [-0.2, -0.15) is 4.39 Å². The van der Waals surface area contributed by atoms with E-state index >= 15 is 0 Å². The van der Waals surface area contributed by atoms with Gasteiger partial charge in [0.2, 0.25) is 0 Å². The lowest BCUT2D eigenvalue weighted by Gasteiger charge is -2.21. The van der Waals surface area contributed by atoms with E-state index in [9.17, 15) is 9.18 Å². The van der Waals surface area contributed by atoms with Crippen LogP contribution >= 0.6 is 11.3 Å². The van der Waals surface area contributed by atoms with Gasteiger partial charge in [-0.3, -0.25) is 4.79 Å². The summed E-state index contributed by atoms with van der Waals surface area (Å²) in [5.41, 5.74) is 0.613. The second kappa shape index (κ2) is 4.53. The molecule has 0 aliphatic carbocycles. The van der Waals surface area contributed by atoms with Crippen LogP contribution in [-0.4, -0.2) is 24.0 Å². The summed E-state index contributed by atoms with van der Waals surface area (Å²) in [7, 11) is 0. The number of hydrogen-bond donors (Lipinski definition) is 2. The summed E-state index contributed by atoms with van der Waals surface area (Å²) in [4.78, 5) is 12.3. The van der Waals surface area contributed by atoms with Crippen LogP contribution < -0.4 is 10.6 Å². The van der Waals surface area contributed by atoms with Gasteiger partial charge in [0, 0.05) is 28.4 Å². The fourth-order valence-electron chi connectivity index (χ4n) is 3.38. The number of nitrogens with one attached hydrogen (secondary N) is 2. The molecular weight excluding hydrogens is 275 g/mol. The third kappa shape index (κ3) is 2.01. The van der Waals surface area contributed by atoms with Crippen molar-refractivity contribution in [3.63, 3.8) is 0 Å². The highest BCUT2D eigenvalue weighted by atomic mass is 32.1. The van der Waals surface area contributed by atoms with Crippen LogP contribution in [-0.2, 0) is 0 Å². The van der Waals surface area contributed by atoms with E-state index in [-0.39, 0.29) is 17.1 Å². The Bertz CT molecular complexity index is 684. The van der Waals surface area contributed by atoms with E-state index in [1.54, 1.807) is 12.1 Å². The Morgan fingerprint density at radius 1 is 1.35 bits per heavy atom. The van der Waals surface area contributed by atoms with E-state index in [1.165, 1.54) is 12.5 Å². The van der Waals surface area contributed by atoms with Crippen molar-refractivity contribution in [1.82, 2.24) is 10.6 Å². The van der Waals surface area contributed by atoms with Crippen molar-refractivity contribution < 1.29 is 9.18 Å². The van der Waals surface area contributed by atoms with Crippen LogP contribution in [0.15, 0.2) is 24.3 Å². The highest BCUT2D eigenvalue weighted by Gasteiger charge is 2.39. The lowest BCUT2D eigenvalue weighted by atomic mass is 9.95. The normalized spacial score (nSPS) is 28.1. The van der Waals surface area contributed by atoms with Crippen LogP contribution in [0.3, 0.4) is 0 Å². The lowest BCUT2D eigenvalue weighted by molar-refractivity contribution is 0.0931. The Balaban J connectivity index is 1.54. The molecule has 2 N–H and O–H groups in total. The van der Waals surface area contributed by atoms with E-state index in [2.05, 4.69) is 10.6 Å². The average Bonchev–Trinajstić information content (AvgIpc) is 3.10. The third-order valence-corrected chi connectivity index (χ3v) is 5.26. The topological polar surface area (TPSA) is 41.1 Å². The minimum absolute atomic E-state index is 0.0555. The molecule has 3 heterocycles. The fraction of sp³-hybridized carbons (Fsp3) is 0.400. The van der Waals surface area contributed by atoms with Crippen LogP contribution in [0.4, 0.5) is 4.39 Å². The first-order valence-electron chi connectivity index (χ1n) is 6.95. The van der Waals surface area contributed by atoms with Crippen molar-refractivity contribution in [2.45, 2.75) is 37.4 Å². The predicted octanol–water partition coefficient (Wildman–Crippen LogP) is 2.66. The van der Waals surface area contributed by atoms with Crippen molar-refractivity contribution in [3.8, 4) is 0 Å². The van der Waals surface area contributed by atoms with Crippen LogP contribution in [0.5, 0.6) is 0 Å². The van der Waals surface area contributed by atoms with Gasteiger partial charge in [-0.05, 0) is 42.8 Å². The van der Waals surface area contributed by atoms with E-state index in [0.717, 1.165) is 34.3 Å². The van der Waals surface area contributed by atoms with Gasteiger partial charge in [-0.15, -0.1) is 11.3 Å². The van der Waals surface area contributed by atoms with E-state index in [1.807, 2.05) is 6.07 Å². The minimum Gasteiger partial charge on any atom is -0.348 e. The number of amides is 1. The van der Waals surface area contributed by atoms with Gasteiger partial charge in [0.1, 0.15) is 0 Å². The average molecular weight is 290 g/mol. The molecule has 4 rings (SSSR count). The van der Waals surface area contributed by atoms with Gasteiger partial charge in [0.25, 0.3) is 5.91 Å². The molecule has 104 valence electrons. The molecule has 3 nitrogen and oxygen atoms in total. The van der Waals surface area contributed by atoms with E-state index in [4.69, 9.17) is 0 Å². The molecule has 0 radical (unpaired) electrons. The Morgan fingerprint density at radius 2 is 2.25 bits per heavy atom. The maximum atomic E-state index is 13.2. The van der Waals surface area contributed by atoms with E-state index in [0.29, 0.717) is 17.6 Å². The summed E-state index contributed by atoms with van der Waals surface area (Å²) < 4.78 is 14.0. The zero-order valence-electron chi connectivity index (χ0n) is 10.9. The molecular formula is C15H15FN2OS. The van der Waals surface area contributed by atoms with Crippen LogP contribution in [0.1, 0.15) is 29.6 Å². The Morgan fingerprint density at radius 3 is 3.00 bits per heavy atom. The molecule has 0 saturated carbocycles. The summed E-state index contributed by atoms with van der Waals surface area (Å²) in [6.07, 6.45) is 3.38. The smallest absolute Gasteiger partial charge is 0.251 e. The van der Waals surface area contributed by atoms with Crippen LogP contribution in [0.25, 0.3) is 10.1 Å². The van der Waals surface area contributed by atoms with Gasteiger partial charge in [0.15, 0.2) is 5.13 Å². The van der Waals surface area contributed by atoms with Crippen LogP contribution in [0, 0.1) is 5.13 Å². The first kappa shape index (κ1) is 12.3.